The fraction of sp³-hybridized carbons (Fsp3) is 0.214. The highest BCUT2D eigenvalue weighted by atomic mass is 32.1. The van der Waals surface area contributed by atoms with E-state index in [4.69, 9.17) is 0 Å². The maximum Gasteiger partial charge on any atom is 0.422 e. The van der Waals surface area contributed by atoms with E-state index in [0.717, 1.165) is 4.88 Å². The summed E-state index contributed by atoms with van der Waals surface area (Å²) in [4.78, 5) is 13.5. The summed E-state index contributed by atoms with van der Waals surface area (Å²) in [6, 6.07) is 9.29. The van der Waals surface area contributed by atoms with Crippen LogP contribution in [0.25, 0.3) is 0 Å². The zero-order valence-electron chi connectivity index (χ0n) is 11.0. The molecule has 3 nitrogen and oxygen atoms in total. The van der Waals surface area contributed by atoms with Crippen molar-refractivity contribution in [3.8, 4) is 5.75 Å². The minimum absolute atomic E-state index is 0.0947. The molecule has 0 atom stereocenters. The molecule has 0 spiro atoms. The zero-order valence-corrected chi connectivity index (χ0v) is 11.8. The highest BCUT2D eigenvalue weighted by Crippen LogP contribution is 2.21. The number of halogens is 3. The van der Waals surface area contributed by atoms with Gasteiger partial charge in [-0.3, -0.25) is 4.79 Å². The number of aryl methyl sites for hydroxylation is 1. The first-order valence-corrected chi connectivity index (χ1v) is 6.82. The first-order chi connectivity index (χ1) is 9.83. The minimum atomic E-state index is -4.37. The molecule has 0 aliphatic rings. The molecule has 0 saturated carbocycles. The number of hydrogen-bond acceptors (Lipinski definition) is 3. The summed E-state index contributed by atoms with van der Waals surface area (Å²) in [6.07, 6.45) is -4.37. The molecule has 1 N–H and O–H groups in total. The van der Waals surface area contributed by atoms with Crippen molar-refractivity contribution >= 4 is 22.9 Å². The van der Waals surface area contributed by atoms with E-state index in [1.54, 1.807) is 6.07 Å². The first-order valence-electron chi connectivity index (χ1n) is 6.01. The van der Waals surface area contributed by atoms with Gasteiger partial charge in [0.25, 0.3) is 5.91 Å². The van der Waals surface area contributed by atoms with Crippen LogP contribution < -0.4 is 10.1 Å². The minimum Gasteiger partial charge on any atom is -0.484 e. The molecule has 0 bridgehead atoms. The van der Waals surface area contributed by atoms with E-state index in [2.05, 4.69) is 10.1 Å². The van der Waals surface area contributed by atoms with Crippen LogP contribution in [0.15, 0.2) is 36.4 Å². The van der Waals surface area contributed by atoms with Crippen molar-refractivity contribution in [2.45, 2.75) is 13.1 Å². The molecule has 1 aromatic heterocycles. The van der Waals surface area contributed by atoms with Gasteiger partial charge >= 0.3 is 6.18 Å². The SMILES string of the molecule is Cc1ccc(C(=O)Nc2ccc(OCC(F)(F)F)cc2)s1. The summed E-state index contributed by atoms with van der Waals surface area (Å²) in [5, 5.41) is 2.66. The van der Waals surface area contributed by atoms with Gasteiger partial charge in [0.1, 0.15) is 5.75 Å². The Morgan fingerprint density at radius 1 is 1.19 bits per heavy atom. The predicted octanol–water partition coefficient (Wildman–Crippen LogP) is 4.25. The van der Waals surface area contributed by atoms with Crippen LogP contribution in [0, 0.1) is 6.92 Å². The molecule has 1 amide bonds. The number of rotatable bonds is 4. The normalized spacial score (nSPS) is 11.2. The molecule has 1 heterocycles. The summed E-state index contributed by atoms with van der Waals surface area (Å²) in [5.74, 6) is -0.158. The van der Waals surface area contributed by atoms with E-state index in [-0.39, 0.29) is 11.7 Å². The molecule has 0 aliphatic carbocycles. The number of carbonyl (C=O) groups excluding carboxylic acids is 1. The van der Waals surface area contributed by atoms with Crippen LogP contribution >= 0.6 is 11.3 Å². The van der Waals surface area contributed by atoms with Gasteiger partial charge in [-0.05, 0) is 43.3 Å². The lowest BCUT2D eigenvalue weighted by Gasteiger charge is -2.09. The van der Waals surface area contributed by atoms with E-state index < -0.39 is 12.8 Å². The Labute approximate surface area is 123 Å². The van der Waals surface area contributed by atoms with E-state index in [9.17, 15) is 18.0 Å². The molecular formula is C14H12F3NO2S. The average molecular weight is 315 g/mol. The van der Waals surface area contributed by atoms with Crippen molar-refractivity contribution in [3.05, 3.63) is 46.2 Å². The third-order valence-electron chi connectivity index (χ3n) is 2.48. The van der Waals surface area contributed by atoms with Gasteiger partial charge < -0.3 is 10.1 Å². The molecule has 2 aromatic rings. The van der Waals surface area contributed by atoms with Gasteiger partial charge in [-0.1, -0.05) is 0 Å². The quantitative estimate of drug-likeness (QED) is 0.916. The summed E-state index contributed by atoms with van der Waals surface area (Å²) in [6.45, 7) is 0.557. The third-order valence-corrected chi connectivity index (χ3v) is 3.48. The van der Waals surface area contributed by atoms with Crippen molar-refractivity contribution in [2.24, 2.45) is 0 Å². The Morgan fingerprint density at radius 2 is 1.86 bits per heavy atom. The van der Waals surface area contributed by atoms with Gasteiger partial charge in [0.05, 0.1) is 4.88 Å². The molecule has 7 heteroatoms. The smallest absolute Gasteiger partial charge is 0.422 e. The number of alkyl halides is 3. The Balaban J connectivity index is 1.94. The standard InChI is InChI=1S/C14H12F3NO2S/c1-9-2-7-12(21-9)13(19)18-10-3-5-11(6-4-10)20-8-14(15,16)17/h2-7H,8H2,1H3,(H,18,19). The maximum absolute atomic E-state index is 12.0. The van der Waals surface area contributed by atoms with Crippen LogP contribution in [0.4, 0.5) is 18.9 Å². The van der Waals surface area contributed by atoms with Crippen LogP contribution in [0.2, 0.25) is 0 Å². The average Bonchev–Trinajstić information content (AvgIpc) is 2.84. The zero-order chi connectivity index (χ0) is 15.5. The van der Waals surface area contributed by atoms with Crippen LogP contribution in [-0.4, -0.2) is 18.7 Å². The summed E-state index contributed by atoms with van der Waals surface area (Å²) >= 11 is 1.37. The number of benzene rings is 1. The molecule has 0 unspecified atom stereocenters. The van der Waals surface area contributed by atoms with Gasteiger partial charge in [0.15, 0.2) is 6.61 Å². The molecule has 1 aromatic carbocycles. The maximum atomic E-state index is 12.0. The fourth-order valence-electron chi connectivity index (χ4n) is 1.55. The van der Waals surface area contributed by atoms with Crippen LogP contribution in [0.5, 0.6) is 5.75 Å². The lowest BCUT2D eigenvalue weighted by atomic mass is 10.3. The van der Waals surface area contributed by atoms with E-state index in [0.29, 0.717) is 10.6 Å². The largest absolute Gasteiger partial charge is 0.484 e. The van der Waals surface area contributed by atoms with Crippen molar-refractivity contribution in [1.82, 2.24) is 0 Å². The second-order valence-corrected chi connectivity index (χ2v) is 5.58. The van der Waals surface area contributed by atoms with E-state index >= 15 is 0 Å². The molecule has 112 valence electrons. The van der Waals surface area contributed by atoms with E-state index in [1.807, 2.05) is 13.0 Å². The molecular weight excluding hydrogens is 303 g/mol. The number of thiophene rings is 1. The van der Waals surface area contributed by atoms with Crippen LogP contribution in [-0.2, 0) is 0 Å². The third kappa shape index (κ3) is 4.78. The van der Waals surface area contributed by atoms with Crippen LogP contribution in [0.3, 0.4) is 0 Å². The van der Waals surface area contributed by atoms with Crippen LogP contribution in [0.1, 0.15) is 14.5 Å². The van der Waals surface area contributed by atoms with Gasteiger partial charge in [0, 0.05) is 10.6 Å². The van der Waals surface area contributed by atoms with Crippen molar-refractivity contribution < 1.29 is 22.7 Å². The second-order valence-electron chi connectivity index (χ2n) is 4.29. The van der Waals surface area contributed by atoms with Crippen molar-refractivity contribution in [1.29, 1.82) is 0 Å². The summed E-state index contributed by atoms with van der Waals surface area (Å²) in [7, 11) is 0. The monoisotopic (exact) mass is 315 g/mol. The number of nitrogens with one attached hydrogen (secondary N) is 1. The number of amides is 1. The highest BCUT2D eigenvalue weighted by Gasteiger charge is 2.28. The Hall–Kier alpha value is -2.02. The van der Waals surface area contributed by atoms with E-state index in [1.165, 1.54) is 35.6 Å². The van der Waals surface area contributed by atoms with Crippen molar-refractivity contribution in [3.63, 3.8) is 0 Å². The second kappa shape index (κ2) is 6.17. The van der Waals surface area contributed by atoms with Gasteiger partial charge in [0.2, 0.25) is 0 Å². The Bertz CT molecular complexity index is 620. The number of hydrogen-bond donors (Lipinski definition) is 1. The summed E-state index contributed by atoms with van der Waals surface area (Å²) in [5.41, 5.74) is 0.491. The summed E-state index contributed by atoms with van der Waals surface area (Å²) < 4.78 is 40.6. The topological polar surface area (TPSA) is 38.3 Å². The molecule has 21 heavy (non-hydrogen) atoms. The van der Waals surface area contributed by atoms with Crippen molar-refractivity contribution in [2.75, 3.05) is 11.9 Å². The lowest BCUT2D eigenvalue weighted by Crippen LogP contribution is -2.19. The number of anilines is 1. The molecule has 0 fully saturated rings. The fourth-order valence-corrected chi connectivity index (χ4v) is 2.31. The molecule has 0 radical (unpaired) electrons. The molecule has 2 rings (SSSR count). The Morgan fingerprint density at radius 3 is 2.38 bits per heavy atom. The molecule has 0 saturated heterocycles. The van der Waals surface area contributed by atoms with Gasteiger partial charge in [-0.2, -0.15) is 13.2 Å². The number of carbonyl (C=O) groups is 1. The lowest BCUT2D eigenvalue weighted by molar-refractivity contribution is -0.153. The first kappa shape index (κ1) is 15.4. The van der Waals surface area contributed by atoms with Gasteiger partial charge in [-0.25, -0.2) is 0 Å². The Kier molecular flexibility index (Phi) is 4.52. The highest BCUT2D eigenvalue weighted by molar-refractivity contribution is 7.14. The van der Waals surface area contributed by atoms with Gasteiger partial charge in [-0.15, -0.1) is 11.3 Å². The predicted molar refractivity (Wildman–Crippen MR) is 75.0 cm³/mol. The number of ether oxygens (including phenoxy) is 1. The molecule has 0 aliphatic heterocycles.